The lowest BCUT2D eigenvalue weighted by atomic mass is 9.99. The number of hydrogen-bond acceptors (Lipinski definition) is 6. The molecule has 0 saturated carbocycles. The summed E-state index contributed by atoms with van der Waals surface area (Å²) in [5, 5.41) is 0. The van der Waals surface area contributed by atoms with Crippen molar-refractivity contribution in [2.45, 2.75) is 32.7 Å². The molecule has 1 amide bonds. The number of amides is 1. The molecular formula is C25H34N6O. The van der Waals surface area contributed by atoms with Gasteiger partial charge in [-0.05, 0) is 37.9 Å². The molecule has 0 aliphatic carbocycles. The fraction of sp³-hybridized carbons (Fsp3) is 0.560. The average Bonchev–Trinajstić information content (AvgIpc) is 2.84. The van der Waals surface area contributed by atoms with Crippen molar-refractivity contribution in [3.63, 3.8) is 0 Å². The molecule has 1 aromatic heterocycles. The van der Waals surface area contributed by atoms with Crippen molar-refractivity contribution in [3.8, 4) is 0 Å². The molecule has 0 atom stereocenters. The van der Waals surface area contributed by atoms with Crippen LogP contribution in [-0.4, -0.2) is 78.5 Å². The zero-order valence-electron chi connectivity index (χ0n) is 19.3. The number of carbonyl (C=O) groups is 1. The lowest BCUT2D eigenvalue weighted by molar-refractivity contribution is 0.0733. The third kappa shape index (κ3) is 4.31. The van der Waals surface area contributed by atoms with Gasteiger partial charge in [-0.3, -0.25) is 4.79 Å². The van der Waals surface area contributed by atoms with Gasteiger partial charge < -0.3 is 19.6 Å². The second-order valence-corrected chi connectivity index (χ2v) is 9.58. The summed E-state index contributed by atoms with van der Waals surface area (Å²) in [4.78, 5) is 32.4. The van der Waals surface area contributed by atoms with E-state index in [0.29, 0.717) is 13.1 Å². The number of carbonyl (C=O) groups excluding carboxylic acids is 1. The van der Waals surface area contributed by atoms with Crippen LogP contribution in [0, 0.1) is 5.92 Å². The topological polar surface area (TPSA) is 55.8 Å². The first-order valence-corrected chi connectivity index (χ1v) is 12.0. The van der Waals surface area contributed by atoms with Crippen molar-refractivity contribution >= 4 is 17.7 Å². The zero-order valence-corrected chi connectivity index (χ0v) is 19.3. The Balaban J connectivity index is 1.46. The van der Waals surface area contributed by atoms with Crippen LogP contribution in [0.2, 0.25) is 0 Å². The van der Waals surface area contributed by atoms with Crippen LogP contribution in [0.1, 0.15) is 41.4 Å². The number of aromatic nitrogens is 2. The van der Waals surface area contributed by atoms with Crippen molar-refractivity contribution in [1.29, 1.82) is 0 Å². The second kappa shape index (κ2) is 9.06. The quantitative estimate of drug-likeness (QED) is 0.740. The molecule has 3 aliphatic heterocycles. The monoisotopic (exact) mass is 434 g/mol. The lowest BCUT2D eigenvalue weighted by Crippen LogP contribution is -2.46. The van der Waals surface area contributed by atoms with Gasteiger partial charge in [0.1, 0.15) is 5.82 Å². The molecule has 0 bridgehead atoms. The highest BCUT2D eigenvalue weighted by Crippen LogP contribution is 2.31. The number of piperidine rings is 1. The van der Waals surface area contributed by atoms with E-state index < -0.39 is 0 Å². The van der Waals surface area contributed by atoms with Crippen molar-refractivity contribution in [2.75, 3.05) is 62.7 Å². The van der Waals surface area contributed by atoms with Crippen LogP contribution in [0.15, 0.2) is 30.3 Å². The van der Waals surface area contributed by atoms with Gasteiger partial charge in [0.05, 0.1) is 12.2 Å². The summed E-state index contributed by atoms with van der Waals surface area (Å²) in [6, 6.07) is 9.60. The molecule has 2 saturated heterocycles. The van der Waals surface area contributed by atoms with Crippen LogP contribution in [0.3, 0.4) is 0 Å². The molecule has 1 aromatic carbocycles. The number of likely N-dealkylation sites (N-methyl/N-ethyl adjacent to an activating group) is 1. The van der Waals surface area contributed by atoms with Crippen LogP contribution in [0.4, 0.5) is 11.8 Å². The summed E-state index contributed by atoms with van der Waals surface area (Å²) >= 11 is 0. The maximum atomic E-state index is 13.1. The number of benzene rings is 1. The average molecular weight is 435 g/mol. The van der Waals surface area contributed by atoms with Crippen LogP contribution in [-0.2, 0) is 13.0 Å². The normalized spacial score (nSPS) is 20.4. The number of rotatable bonds is 3. The van der Waals surface area contributed by atoms with E-state index in [9.17, 15) is 4.79 Å². The Labute approximate surface area is 191 Å². The van der Waals surface area contributed by atoms with E-state index in [2.05, 4.69) is 28.7 Å². The lowest BCUT2D eigenvalue weighted by Gasteiger charge is -2.38. The van der Waals surface area contributed by atoms with Gasteiger partial charge in [-0.1, -0.05) is 25.1 Å². The minimum Gasteiger partial charge on any atom is -0.354 e. The predicted molar refractivity (Wildman–Crippen MR) is 127 cm³/mol. The third-order valence-electron chi connectivity index (χ3n) is 7.20. The molecule has 7 heteroatoms. The SMILES string of the molecule is CC1CCN(c2nc3c(c(N4CCN(C)CC4)n2)CN(C(=O)c2ccccc2)CC3)CC1. The number of fused-ring (bicyclic) bond motifs is 1. The Bertz CT molecular complexity index is 948. The molecule has 2 aromatic rings. The van der Waals surface area contributed by atoms with E-state index in [0.717, 1.165) is 80.2 Å². The minimum absolute atomic E-state index is 0.0923. The minimum atomic E-state index is 0.0923. The van der Waals surface area contributed by atoms with Crippen molar-refractivity contribution in [3.05, 3.63) is 47.2 Å². The molecule has 32 heavy (non-hydrogen) atoms. The van der Waals surface area contributed by atoms with Gasteiger partial charge >= 0.3 is 0 Å². The van der Waals surface area contributed by atoms with E-state index in [-0.39, 0.29) is 5.91 Å². The highest BCUT2D eigenvalue weighted by molar-refractivity contribution is 5.94. The Morgan fingerprint density at radius 3 is 2.34 bits per heavy atom. The Morgan fingerprint density at radius 2 is 1.62 bits per heavy atom. The Kier molecular flexibility index (Phi) is 6.00. The summed E-state index contributed by atoms with van der Waals surface area (Å²) in [7, 11) is 2.17. The van der Waals surface area contributed by atoms with E-state index in [1.165, 1.54) is 12.8 Å². The molecule has 3 aliphatic rings. The molecule has 4 heterocycles. The smallest absolute Gasteiger partial charge is 0.254 e. The fourth-order valence-electron chi connectivity index (χ4n) is 4.95. The van der Waals surface area contributed by atoms with Crippen molar-refractivity contribution < 1.29 is 4.79 Å². The second-order valence-electron chi connectivity index (χ2n) is 9.58. The Morgan fingerprint density at radius 1 is 0.906 bits per heavy atom. The van der Waals surface area contributed by atoms with E-state index in [4.69, 9.17) is 9.97 Å². The number of hydrogen-bond donors (Lipinski definition) is 0. The van der Waals surface area contributed by atoms with E-state index in [1.54, 1.807) is 0 Å². The summed E-state index contributed by atoms with van der Waals surface area (Å²) in [6.07, 6.45) is 3.18. The van der Waals surface area contributed by atoms with Crippen LogP contribution in [0.25, 0.3) is 0 Å². The molecule has 0 N–H and O–H groups in total. The van der Waals surface area contributed by atoms with Gasteiger partial charge in [-0.15, -0.1) is 0 Å². The van der Waals surface area contributed by atoms with Crippen LogP contribution < -0.4 is 9.80 Å². The first kappa shape index (κ1) is 21.2. The van der Waals surface area contributed by atoms with E-state index >= 15 is 0 Å². The van der Waals surface area contributed by atoms with Crippen molar-refractivity contribution in [1.82, 2.24) is 19.8 Å². The molecule has 170 valence electrons. The number of anilines is 2. The predicted octanol–water partition coefficient (Wildman–Crippen LogP) is 2.66. The molecule has 0 unspecified atom stereocenters. The Hall–Kier alpha value is -2.67. The summed E-state index contributed by atoms with van der Waals surface area (Å²) in [5.74, 6) is 2.79. The summed E-state index contributed by atoms with van der Waals surface area (Å²) in [6.45, 7) is 9.66. The summed E-state index contributed by atoms with van der Waals surface area (Å²) < 4.78 is 0. The first-order valence-electron chi connectivity index (χ1n) is 12.0. The standard InChI is InChI=1S/C25H34N6O/c1-19-8-11-30(12-9-19)25-26-22-10-13-31(24(32)20-6-4-3-5-7-20)18-21(22)23(27-25)29-16-14-28(2)15-17-29/h3-7,19H,8-18H2,1-2H3. The van der Waals surface area contributed by atoms with Gasteiger partial charge in [-0.25, -0.2) is 4.98 Å². The largest absolute Gasteiger partial charge is 0.354 e. The zero-order chi connectivity index (χ0) is 22.1. The first-order chi connectivity index (χ1) is 15.6. The molecule has 0 radical (unpaired) electrons. The molecule has 5 rings (SSSR count). The molecule has 7 nitrogen and oxygen atoms in total. The van der Waals surface area contributed by atoms with Crippen LogP contribution in [0.5, 0.6) is 0 Å². The highest BCUT2D eigenvalue weighted by atomic mass is 16.2. The molecule has 2 fully saturated rings. The van der Waals surface area contributed by atoms with Gasteiger partial charge in [0.25, 0.3) is 5.91 Å². The van der Waals surface area contributed by atoms with Crippen LogP contribution >= 0.6 is 0 Å². The maximum Gasteiger partial charge on any atom is 0.254 e. The number of piperazine rings is 1. The highest BCUT2D eigenvalue weighted by Gasteiger charge is 2.30. The molecular weight excluding hydrogens is 400 g/mol. The third-order valence-corrected chi connectivity index (χ3v) is 7.20. The van der Waals surface area contributed by atoms with Gasteiger partial charge in [0.2, 0.25) is 5.95 Å². The summed E-state index contributed by atoms with van der Waals surface area (Å²) in [5.41, 5.74) is 3.01. The van der Waals surface area contributed by atoms with Crippen molar-refractivity contribution in [2.24, 2.45) is 5.92 Å². The molecule has 0 spiro atoms. The van der Waals surface area contributed by atoms with Gasteiger partial charge in [0.15, 0.2) is 0 Å². The van der Waals surface area contributed by atoms with Gasteiger partial charge in [-0.2, -0.15) is 4.98 Å². The number of nitrogens with zero attached hydrogens (tertiary/aromatic N) is 6. The maximum absolute atomic E-state index is 13.1. The van der Waals surface area contributed by atoms with Gasteiger partial charge in [0, 0.05) is 63.4 Å². The fourth-order valence-corrected chi connectivity index (χ4v) is 4.95. The van der Waals surface area contributed by atoms with E-state index in [1.807, 2.05) is 35.2 Å².